The van der Waals surface area contributed by atoms with Crippen molar-refractivity contribution in [1.29, 1.82) is 0 Å². The van der Waals surface area contributed by atoms with Crippen LogP contribution in [0.3, 0.4) is 0 Å². The number of benzene rings is 1. The first-order chi connectivity index (χ1) is 13.0. The second-order valence-corrected chi connectivity index (χ2v) is 6.38. The van der Waals surface area contributed by atoms with Crippen molar-refractivity contribution in [2.75, 3.05) is 4.90 Å². The van der Waals surface area contributed by atoms with Crippen LogP contribution in [0.15, 0.2) is 58.7 Å². The van der Waals surface area contributed by atoms with E-state index in [4.69, 9.17) is 4.42 Å². The quantitative estimate of drug-likeness (QED) is 0.653. The van der Waals surface area contributed by atoms with E-state index >= 15 is 0 Å². The molecule has 2 aromatic heterocycles. The summed E-state index contributed by atoms with van der Waals surface area (Å²) in [7, 11) is 0. The predicted octanol–water partition coefficient (Wildman–Crippen LogP) is 3.89. The van der Waals surface area contributed by atoms with E-state index in [2.05, 4.69) is 10.3 Å². The van der Waals surface area contributed by atoms with Crippen molar-refractivity contribution >= 4 is 40.0 Å². The number of hydrogen-bond donors (Lipinski definition) is 1. The molecule has 0 fully saturated rings. The Bertz CT molecular complexity index is 966. The highest BCUT2D eigenvalue weighted by atomic mass is 32.1. The van der Waals surface area contributed by atoms with Crippen LogP contribution in [0.1, 0.15) is 18.2 Å². The molecule has 6 nitrogen and oxygen atoms in total. The lowest BCUT2D eigenvalue weighted by atomic mass is 10.3. The van der Waals surface area contributed by atoms with Gasteiger partial charge < -0.3 is 9.73 Å². The number of halogens is 1. The zero-order valence-corrected chi connectivity index (χ0v) is 15.2. The molecule has 1 aromatic carbocycles. The van der Waals surface area contributed by atoms with Crippen LogP contribution >= 0.6 is 11.3 Å². The van der Waals surface area contributed by atoms with E-state index in [0.717, 1.165) is 5.56 Å². The molecule has 138 valence electrons. The molecular weight excluding hydrogens is 369 g/mol. The molecule has 0 spiro atoms. The molecule has 2 heterocycles. The molecule has 8 heteroatoms. The molecule has 0 atom stereocenters. The van der Waals surface area contributed by atoms with Crippen LogP contribution in [-0.2, 0) is 16.1 Å². The molecular formula is C19H16FN3O3S. The minimum absolute atomic E-state index is 0.132. The minimum atomic E-state index is -0.515. The second-order valence-electron chi connectivity index (χ2n) is 5.54. The molecule has 0 unspecified atom stereocenters. The van der Waals surface area contributed by atoms with Crippen molar-refractivity contribution in [3.05, 3.63) is 71.4 Å². The van der Waals surface area contributed by atoms with E-state index in [-0.39, 0.29) is 17.5 Å². The molecule has 0 saturated carbocycles. The highest BCUT2D eigenvalue weighted by Crippen LogP contribution is 2.30. The van der Waals surface area contributed by atoms with E-state index in [1.54, 1.807) is 29.8 Å². The maximum Gasteiger partial charge on any atom is 0.244 e. The number of nitrogens with zero attached hydrogens (tertiary/aromatic N) is 2. The molecule has 0 saturated heterocycles. The van der Waals surface area contributed by atoms with Crippen molar-refractivity contribution < 1.29 is 18.4 Å². The fourth-order valence-electron chi connectivity index (χ4n) is 2.30. The van der Waals surface area contributed by atoms with Gasteiger partial charge in [-0.2, -0.15) is 0 Å². The molecule has 0 radical (unpaired) electrons. The lowest BCUT2D eigenvalue weighted by Crippen LogP contribution is -2.23. The number of para-hydroxylation sites is 1. The van der Waals surface area contributed by atoms with Crippen LogP contribution in [0.2, 0.25) is 0 Å². The fraction of sp³-hybridized carbons (Fsp3) is 0.105. The largest absolute Gasteiger partial charge is 0.472 e. The Balaban J connectivity index is 1.70. The molecule has 0 aliphatic rings. The summed E-state index contributed by atoms with van der Waals surface area (Å²) in [5, 5.41) is 4.72. The first-order valence-electron chi connectivity index (χ1n) is 8.02. The van der Waals surface area contributed by atoms with E-state index in [1.165, 1.54) is 53.7 Å². The summed E-state index contributed by atoms with van der Waals surface area (Å²) in [5.74, 6) is -1.16. The first kappa shape index (κ1) is 18.5. The van der Waals surface area contributed by atoms with Gasteiger partial charge >= 0.3 is 0 Å². The number of anilines is 2. The maximum atomic E-state index is 14.1. The smallest absolute Gasteiger partial charge is 0.244 e. The monoisotopic (exact) mass is 385 g/mol. The molecule has 0 aliphatic heterocycles. The fourth-order valence-corrected chi connectivity index (χ4v) is 3.15. The van der Waals surface area contributed by atoms with Crippen LogP contribution in [0, 0.1) is 5.82 Å². The summed E-state index contributed by atoms with van der Waals surface area (Å²) >= 11 is 1.18. The van der Waals surface area contributed by atoms with Crippen LogP contribution in [-0.4, -0.2) is 16.8 Å². The van der Waals surface area contributed by atoms with Crippen molar-refractivity contribution in [3.63, 3.8) is 0 Å². The van der Waals surface area contributed by atoms with E-state index in [9.17, 15) is 14.0 Å². The van der Waals surface area contributed by atoms with Gasteiger partial charge in [-0.25, -0.2) is 9.37 Å². The first-order valence-corrected chi connectivity index (χ1v) is 8.90. The number of thiazole rings is 1. The van der Waals surface area contributed by atoms with E-state index in [0.29, 0.717) is 17.4 Å². The summed E-state index contributed by atoms with van der Waals surface area (Å²) in [4.78, 5) is 29.4. The molecule has 27 heavy (non-hydrogen) atoms. The SMILES string of the molecule is CC(=O)N(c1nc(C=CC(=O)NCc2ccoc2)cs1)c1ccccc1F. The molecule has 1 N–H and O–H groups in total. The number of nitrogens with one attached hydrogen (secondary N) is 1. The Morgan fingerprint density at radius 3 is 2.85 bits per heavy atom. The Morgan fingerprint density at radius 1 is 1.33 bits per heavy atom. The highest BCUT2D eigenvalue weighted by Gasteiger charge is 2.20. The number of aromatic nitrogens is 1. The van der Waals surface area contributed by atoms with Crippen LogP contribution in [0.4, 0.5) is 15.2 Å². The zero-order chi connectivity index (χ0) is 19.2. The summed E-state index contributed by atoms with van der Waals surface area (Å²) in [5.41, 5.74) is 1.48. The van der Waals surface area contributed by atoms with Crippen molar-refractivity contribution in [1.82, 2.24) is 10.3 Å². The third-order valence-corrected chi connectivity index (χ3v) is 4.41. The van der Waals surface area contributed by atoms with Gasteiger partial charge in [0.15, 0.2) is 5.13 Å². The normalized spacial score (nSPS) is 10.9. The van der Waals surface area contributed by atoms with Gasteiger partial charge in [-0.05, 0) is 24.3 Å². The third kappa shape index (κ3) is 4.68. The van der Waals surface area contributed by atoms with Crippen molar-refractivity contribution in [2.45, 2.75) is 13.5 Å². The van der Waals surface area contributed by atoms with E-state index < -0.39 is 5.82 Å². The van der Waals surface area contributed by atoms with Crippen molar-refractivity contribution in [2.24, 2.45) is 0 Å². The van der Waals surface area contributed by atoms with Gasteiger partial charge in [0, 0.05) is 30.5 Å². The number of hydrogen-bond acceptors (Lipinski definition) is 5. The van der Waals surface area contributed by atoms with Crippen LogP contribution < -0.4 is 10.2 Å². The van der Waals surface area contributed by atoms with Crippen LogP contribution in [0.5, 0.6) is 0 Å². The number of furan rings is 1. The van der Waals surface area contributed by atoms with Gasteiger partial charge in [0.05, 0.1) is 23.9 Å². The Labute approximate surface area is 158 Å². The topological polar surface area (TPSA) is 75.4 Å². The highest BCUT2D eigenvalue weighted by molar-refractivity contribution is 7.14. The summed E-state index contributed by atoms with van der Waals surface area (Å²) < 4.78 is 19.0. The standard InChI is InChI=1S/C19H16FN3O3S/c1-13(24)23(17-5-3-2-4-16(17)20)19-22-15(12-27-19)6-7-18(25)21-10-14-8-9-26-11-14/h2-9,11-12H,10H2,1H3,(H,21,25). The summed E-state index contributed by atoms with van der Waals surface area (Å²) in [6.45, 7) is 1.69. The van der Waals surface area contributed by atoms with Crippen LogP contribution in [0.25, 0.3) is 6.08 Å². The van der Waals surface area contributed by atoms with Gasteiger partial charge in [-0.15, -0.1) is 11.3 Å². The van der Waals surface area contributed by atoms with Gasteiger partial charge in [-0.1, -0.05) is 12.1 Å². The number of carbonyl (C=O) groups is 2. The molecule has 0 bridgehead atoms. The Morgan fingerprint density at radius 2 is 2.15 bits per heavy atom. The Hall–Kier alpha value is -3.26. The molecule has 3 rings (SSSR count). The molecule has 3 aromatic rings. The maximum absolute atomic E-state index is 14.1. The molecule has 2 amide bonds. The van der Waals surface area contributed by atoms with Gasteiger partial charge in [0.25, 0.3) is 0 Å². The number of rotatable bonds is 6. The third-order valence-electron chi connectivity index (χ3n) is 3.56. The van der Waals surface area contributed by atoms with E-state index in [1.807, 2.05) is 0 Å². The molecule has 0 aliphatic carbocycles. The Kier molecular flexibility index (Phi) is 5.77. The zero-order valence-electron chi connectivity index (χ0n) is 14.4. The van der Waals surface area contributed by atoms with Gasteiger partial charge in [0.2, 0.25) is 11.8 Å². The van der Waals surface area contributed by atoms with Gasteiger partial charge in [0.1, 0.15) is 5.82 Å². The average Bonchev–Trinajstić information content (AvgIpc) is 3.32. The summed E-state index contributed by atoms with van der Waals surface area (Å²) in [6, 6.07) is 7.75. The second kappa shape index (κ2) is 8.41. The predicted molar refractivity (Wildman–Crippen MR) is 101 cm³/mol. The lowest BCUT2D eigenvalue weighted by Gasteiger charge is -2.18. The lowest BCUT2D eigenvalue weighted by molar-refractivity contribution is -0.117. The minimum Gasteiger partial charge on any atom is -0.472 e. The van der Waals surface area contributed by atoms with Crippen molar-refractivity contribution in [3.8, 4) is 0 Å². The van der Waals surface area contributed by atoms with Gasteiger partial charge in [-0.3, -0.25) is 14.5 Å². The average molecular weight is 385 g/mol. The number of carbonyl (C=O) groups excluding carboxylic acids is 2. The summed E-state index contributed by atoms with van der Waals surface area (Å²) in [6.07, 6.45) is 5.96. The number of amides is 2.